The monoisotopic (exact) mass is 1020 g/mol. The Morgan fingerprint density at radius 1 is 0.389 bits per heavy atom. The minimum atomic E-state index is -0.142. The third-order valence-electron chi connectivity index (χ3n) is 11.3. The van der Waals surface area contributed by atoms with Crippen LogP contribution in [0.1, 0.15) is 125 Å². The zero-order valence-electron chi connectivity index (χ0n) is 40.6. The van der Waals surface area contributed by atoms with Crippen LogP contribution < -0.4 is 16.0 Å². The molecule has 0 atom stereocenters. The number of hydrogen-bond acceptors (Lipinski definition) is 12. The normalized spacial score (nSPS) is 10.6. The second kappa shape index (κ2) is 33.3. The molecule has 3 heterocycles. The van der Waals surface area contributed by atoms with Crippen molar-refractivity contribution in [2.75, 3.05) is 19.6 Å². The number of carbonyl (C=O) groups excluding carboxylic acids is 6. The van der Waals surface area contributed by atoms with Gasteiger partial charge in [0.1, 0.15) is 17.3 Å². The Morgan fingerprint density at radius 2 is 0.722 bits per heavy atom. The molecule has 0 spiro atoms. The molecule has 3 amide bonds. The Bertz CT molecular complexity index is 2500. The largest absolute Gasteiger partial charge is 0.352 e. The number of nitrogens with one attached hydrogen (secondary N) is 3. The van der Waals surface area contributed by atoms with Gasteiger partial charge in [-0.3, -0.25) is 43.7 Å². The lowest BCUT2D eigenvalue weighted by molar-refractivity contribution is -0.119. The fraction of sp³-hybridized carbons (Fsp3) is 0.316. The molecule has 0 radical (unpaired) electrons. The van der Waals surface area contributed by atoms with Crippen LogP contribution in [0.3, 0.4) is 0 Å². The molecule has 0 fully saturated rings. The lowest BCUT2D eigenvalue weighted by atomic mass is 10.1. The first-order valence-corrected chi connectivity index (χ1v) is 27.1. The van der Waals surface area contributed by atoms with Gasteiger partial charge in [-0.25, -0.2) is 0 Å². The Morgan fingerprint density at radius 3 is 1.07 bits per heavy atom. The van der Waals surface area contributed by atoms with Crippen molar-refractivity contribution in [3.05, 3.63) is 180 Å². The van der Waals surface area contributed by atoms with E-state index in [4.69, 9.17) is 0 Å². The third kappa shape index (κ3) is 21.9. The number of carbonyl (C=O) groups is 6. The molecule has 0 aliphatic rings. The fourth-order valence-electron chi connectivity index (χ4n) is 7.43. The molecule has 3 aromatic carbocycles. The number of rotatable bonds is 30. The number of pyridine rings is 3. The van der Waals surface area contributed by atoms with Crippen LogP contribution >= 0.6 is 34.2 Å². The highest BCUT2D eigenvalue weighted by Gasteiger charge is 2.16. The van der Waals surface area contributed by atoms with Crippen LogP contribution in [0.4, 0.5) is 0 Å². The van der Waals surface area contributed by atoms with Crippen molar-refractivity contribution >= 4 is 69.3 Å². The van der Waals surface area contributed by atoms with E-state index in [1.807, 2.05) is 84.9 Å². The molecule has 376 valence electrons. The standard InChI is InChI=1S/C38H42N4O4S2.C19H22N2O2S/c43-31(25-29-13-11-21-39-27-29)15-3-1-9-23-41-37(45)33-17-5-7-19-35(33)47-48-36-20-8-6-18-34(36)38(46)42-24-10-2-4-16-32(44)26-30-14-12-22-40-28-30;22-16(13-15-7-6-11-20-14-15)8-2-1-5-12-21-19(23)17-9-3-4-10-18(17)24/h5-8,11-14,17-22,27-28H,1-4,9-10,15-16,23-26H2,(H,41,45)(H,42,46);3-4,6-7,9-11,14,24H,1-2,5,8,12-13H2,(H,21,23). The smallest absolute Gasteiger partial charge is 0.252 e. The highest BCUT2D eigenvalue weighted by atomic mass is 33.1. The van der Waals surface area contributed by atoms with E-state index in [-0.39, 0.29) is 35.1 Å². The maximum atomic E-state index is 13.0. The van der Waals surface area contributed by atoms with Crippen molar-refractivity contribution in [2.24, 2.45) is 0 Å². The molecule has 0 bridgehead atoms. The summed E-state index contributed by atoms with van der Waals surface area (Å²) in [5.74, 6) is 0.247. The Kier molecular flexibility index (Phi) is 26.1. The topological polar surface area (TPSA) is 177 Å². The Labute approximate surface area is 437 Å². The van der Waals surface area contributed by atoms with E-state index >= 15 is 0 Å². The van der Waals surface area contributed by atoms with Crippen LogP contribution in [-0.2, 0) is 33.6 Å². The lowest BCUT2D eigenvalue weighted by Crippen LogP contribution is -2.25. The van der Waals surface area contributed by atoms with E-state index in [0.29, 0.717) is 79.7 Å². The summed E-state index contributed by atoms with van der Waals surface area (Å²) in [6.07, 6.45) is 20.7. The molecule has 0 aliphatic carbocycles. The van der Waals surface area contributed by atoms with Crippen molar-refractivity contribution in [3.63, 3.8) is 0 Å². The number of Topliss-reactive ketones (excluding diaryl/α,β-unsaturated/α-hetero) is 3. The van der Waals surface area contributed by atoms with Gasteiger partial charge in [0.05, 0.1) is 16.7 Å². The van der Waals surface area contributed by atoms with Crippen molar-refractivity contribution in [1.82, 2.24) is 30.9 Å². The van der Waals surface area contributed by atoms with E-state index < -0.39 is 0 Å². The summed E-state index contributed by atoms with van der Waals surface area (Å²) in [5.41, 5.74) is 4.58. The second-order valence-corrected chi connectivity index (χ2v) is 19.8. The average Bonchev–Trinajstić information content (AvgIpc) is 3.40. The van der Waals surface area contributed by atoms with Crippen LogP contribution in [-0.4, -0.2) is 69.7 Å². The predicted molar refractivity (Wildman–Crippen MR) is 290 cm³/mol. The van der Waals surface area contributed by atoms with Gasteiger partial charge in [-0.15, -0.1) is 12.6 Å². The molecule has 15 heteroatoms. The predicted octanol–water partition coefficient (Wildman–Crippen LogP) is 11.0. The summed E-state index contributed by atoms with van der Waals surface area (Å²) in [5, 5.41) is 8.91. The number of benzene rings is 3. The first-order valence-electron chi connectivity index (χ1n) is 24.5. The maximum Gasteiger partial charge on any atom is 0.252 e. The molecular formula is C57H64N6O6S3. The van der Waals surface area contributed by atoms with Gasteiger partial charge >= 0.3 is 0 Å². The number of aromatic nitrogens is 3. The van der Waals surface area contributed by atoms with E-state index in [9.17, 15) is 28.8 Å². The molecule has 0 saturated carbocycles. The van der Waals surface area contributed by atoms with E-state index in [1.54, 1.807) is 61.4 Å². The van der Waals surface area contributed by atoms with Crippen LogP contribution in [0, 0.1) is 0 Å². The molecule has 0 saturated heterocycles. The second-order valence-electron chi connectivity index (χ2n) is 17.1. The molecule has 12 nitrogen and oxygen atoms in total. The summed E-state index contributed by atoms with van der Waals surface area (Å²) in [4.78, 5) is 88.8. The molecule has 0 aliphatic heterocycles. The molecule has 6 aromatic rings. The zero-order chi connectivity index (χ0) is 51.0. The number of hydrogen-bond donors (Lipinski definition) is 4. The van der Waals surface area contributed by atoms with Gasteiger partial charge in [0.15, 0.2) is 0 Å². The van der Waals surface area contributed by atoms with Crippen LogP contribution in [0.5, 0.6) is 0 Å². The van der Waals surface area contributed by atoms with Crippen molar-refractivity contribution in [3.8, 4) is 0 Å². The number of ketones is 3. The quantitative estimate of drug-likeness (QED) is 0.0192. The van der Waals surface area contributed by atoms with Crippen molar-refractivity contribution in [1.29, 1.82) is 0 Å². The maximum absolute atomic E-state index is 13.0. The minimum Gasteiger partial charge on any atom is -0.352 e. The molecule has 6 rings (SSSR count). The highest BCUT2D eigenvalue weighted by molar-refractivity contribution is 8.76. The van der Waals surface area contributed by atoms with Gasteiger partial charge in [0.25, 0.3) is 17.7 Å². The highest BCUT2D eigenvalue weighted by Crippen LogP contribution is 2.40. The van der Waals surface area contributed by atoms with E-state index in [2.05, 4.69) is 43.5 Å². The molecule has 3 N–H and O–H groups in total. The molecule has 72 heavy (non-hydrogen) atoms. The Hall–Kier alpha value is -6.42. The summed E-state index contributed by atoms with van der Waals surface area (Å²) in [6, 6.07) is 33.4. The van der Waals surface area contributed by atoms with Gasteiger partial charge in [0.2, 0.25) is 0 Å². The fourth-order valence-corrected chi connectivity index (χ4v) is 10.1. The van der Waals surface area contributed by atoms with Crippen LogP contribution in [0.15, 0.2) is 161 Å². The minimum absolute atomic E-state index is 0.103. The number of unbranched alkanes of at least 4 members (excludes halogenated alkanes) is 6. The summed E-state index contributed by atoms with van der Waals surface area (Å²) >= 11 is 4.28. The lowest BCUT2D eigenvalue weighted by Gasteiger charge is -2.12. The number of nitrogens with zero attached hydrogens (tertiary/aromatic N) is 3. The van der Waals surface area contributed by atoms with E-state index in [1.165, 1.54) is 21.6 Å². The molecule has 3 aromatic heterocycles. The van der Waals surface area contributed by atoms with Gasteiger partial charge in [-0.2, -0.15) is 0 Å². The zero-order valence-corrected chi connectivity index (χ0v) is 43.2. The summed E-state index contributed by atoms with van der Waals surface area (Å²) < 4.78 is 0. The van der Waals surface area contributed by atoms with Gasteiger partial charge in [-0.1, -0.05) is 95.4 Å². The van der Waals surface area contributed by atoms with E-state index in [0.717, 1.165) is 84.3 Å². The third-order valence-corrected chi connectivity index (χ3v) is 14.1. The van der Waals surface area contributed by atoms with Crippen molar-refractivity contribution < 1.29 is 28.8 Å². The Balaban J connectivity index is 0.000000335. The first-order chi connectivity index (χ1) is 35.2. The summed E-state index contributed by atoms with van der Waals surface area (Å²) in [6.45, 7) is 1.68. The van der Waals surface area contributed by atoms with Crippen molar-refractivity contribution in [2.45, 2.75) is 111 Å². The molecular weight excluding hydrogens is 961 g/mol. The number of amides is 3. The van der Waals surface area contributed by atoms with Gasteiger partial charge in [-0.05, 0) is 110 Å². The first kappa shape index (κ1) is 56.5. The van der Waals surface area contributed by atoms with Crippen LogP contribution in [0.2, 0.25) is 0 Å². The molecule has 0 unspecified atom stereocenters. The van der Waals surface area contributed by atoms with Crippen LogP contribution in [0.25, 0.3) is 0 Å². The summed E-state index contributed by atoms with van der Waals surface area (Å²) in [7, 11) is 2.89. The van der Waals surface area contributed by atoms with Gasteiger partial charge < -0.3 is 16.0 Å². The number of thiol groups is 1. The average molecular weight is 1030 g/mol. The van der Waals surface area contributed by atoms with Gasteiger partial charge in [0, 0.05) is 110 Å². The SMILES string of the molecule is O=C(CCCCCNC(=O)c1ccccc1S)Cc1cccnc1.O=C(CCCCCNC(=O)c1ccccc1SSc1ccccc1C(=O)NCCCCCC(=O)Cc1cccnc1)Cc1cccnc1.